The summed E-state index contributed by atoms with van der Waals surface area (Å²) in [5.41, 5.74) is 0.659. The Bertz CT molecular complexity index is 563. The fourth-order valence-electron chi connectivity index (χ4n) is 1.23. The molecule has 2 rings (SSSR count). The number of aromatic nitrogens is 1. The van der Waals surface area contributed by atoms with Gasteiger partial charge in [-0.3, -0.25) is 0 Å². The molecule has 1 N–H and O–H groups in total. The first-order valence-corrected chi connectivity index (χ1v) is 6.56. The minimum Gasteiger partial charge on any atom is -0.337 e. The highest BCUT2D eigenvalue weighted by Gasteiger charge is 2.08. The molecule has 0 aliphatic rings. The van der Waals surface area contributed by atoms with Crippen molar-refractivity contribution in [1.82, 2.24) is 4.98 Å². The fraction of sp³-hybridized carbons (Fsp3) is 0. The van der Waals surface area contributed by atoms with Crippen LogP contribution in [-0.2, 0) is 0 Å². The molecule has 0 amide bonds. The van der Waals surface area contributed by atoms with Gasteiger partial charge in [0.1, 0.15) is 0 Å². The van der Waals surface area contributed by atoms with Crippen molar-refractivity contribution in [2.24, 2.45) is 0 Å². The van der Waals surface area contributed by atoms with E-state index in [1.807, 2.05) is 0 Å². The quantitative estimate of drug-likeness (QED) is 0.780. The second-order valence-electron chi connectivity index (χ2n) is 3.21. The molecule has 0 aliphatic heterocycles. The lowest BCUT2D eigenvalue weighted by molar-refractivity contribution is 0.625. The van der Waals surface area contributed by atoms with Crippen LogP contribution in [0.2, 0.25) is 5.02 Å². The second-order valence-corrected chi connectivity index (χ2v) is 5.33. The average molecular weight is 380 g/mol. The van der Waals surface area contributed by atoms with Crippen LogP contribution in [0.1, 0.15) is 0 Å². The van der Waals surface area contributed by atoms with Crippen LogP contribution in [0.3, 0.4) is 0 Å². The molecule has 0 atom stereocenters. The number of nitrogens with one attached hydrogen (secondary N) is 1. The largest absolute Gasteiger partial charge is 0.337 e. The topological polar surface area (TPSA) is 24.9 Å². The van der Waals surface area contributed by atoms with Crippen LogP contribution >= 0.6 is 43.5 Å². The van der Waals surface area contributed by atoms with Crippen LogP contribution in [-0.4, -0.2) is 4.98 Å². The van der Waals surface area contributed by atoms with Gasteiger partial charge < -0.3 is 5.32 Å². The SMILES string of the molecule is Fc1cc(Br)cnc1Nc1cccc(Cl)c1Br. The molecule has 88 valence electrons. The highest BCUT2D eigenvalue weighted by Crippen LogP contribution is 2.32. The van der Waals surface area contributed by atoms with Crippen LogP contribution in [0.4, 0.5) is 15.9 Å². The fourth-order valence-corrected chi connectivity index (χ4v) is 2.08. The summed E-state index contributed by atoms with van der Waals surface area (Å²) in [6, 6.07) is 6.63. The van der Waals surface area contributed by atoms with Crippen molar-refractivity contribution in [3.8, 4) is 0 Å². The lowest BCUT2D eigenvalue weighted by Gasteiger charge is -2.09. The van der Waals surface area contributed by atoms with E-state index < -0.39 is 5.82 Å². The number of anilines is 2. The Morgan fingerprint density at radius 3 is 2.76 bits per heavy atom. The number of benzene rings is 1. The first-order chi connectivity index (χ1) is 8.08. The van der Waals surface area contributed by atoms with Crippen molar-refractivity contribution < 1.29 is 4.39 Å². The van der Waals surface area contributed by atoms with E-state index in [0.717, 1.165) is 0 Å². The first-order valence-electron chi connectivity index (χ1n) is 4.60. The van der Waals surface area contributed by atoms with Gasteiger partial charge in [0.25, 0.3) is 0 Å². The smallest absolute Gasteiger partial charge is 0.166 e. The molecular formula is C11H6Br2ClFN2. The molecule has 0 saturated heterocycles. The lowest BCUT2D eigenvalue weighted by Crippen LogP contribution is -1.97. The highest BCUT2D eigenvalue weighted by molar-refractivity contribution is 9.11. The normalized spacial score (nSPS) is 10.4. The molecule has 0 radical (unpaired) electrons. The zero-order valence-electron chi connectivity index (χ0n) is 8.35. The number of rotatable bonds is 2. The summed E-state index contributed by atoms with van der Waals surface area (Å²) in [4.78, 5) is 3.95. The number of hydrogen-bond acceptors (Lipinski definition) is 2. The van der Waals surface area contributed by atoms with E-state index in [1.165, 1.54) is 12.3 Å². The Labute approximate surface area is 119 Å². The summed E-state index contributed by atoms with van der Waals surface area (Å²) >= 11 is 12.4. The van der Waals surface area contributed by atoms with Crippen molar-refractivity contribution >= 4 is 55.0 Å². The van der Waals surface area contributed by atoms with E-state index >= 15 is 0 Å². The third kappa shape index (κ3) is 2.97. The number of pyridine rings is 1. The molecule has 1 aromatic carbocycles. The molecule has 6 heteroatoms. The van der Waals surface area contributed by atoms with Crippen molar-refractivity contribution in [1.29, 1.82) is 0 Å². The second kappa shape index (κ2) is 5.33. The maximum absolute atomic E-state index is 13.6. The minimum atomic E-state index is -0.439. The van der Waals surface area contributed by atoms with Gasteiger partial charge in [0.05, 0.1) is 15.2 Å². The van der Waals surface area contributed by atoms with Crippen molar-refractivity contribution in [2.75, 3.05) is 5.32 Å². The monoisotopic (exact) mass is 378 g/mol. The third-order valence-corrected chi connectivity index (χ3v) is 3.84. The van der Waals surface area contributed by atoms with Gasteiger partial charge in [-0.25, -0.2) is 9.37 Å². The standard InChI is InChI=1S/C11H6Br2ClFN2/c12-6-4-8(15)11(16-5-6)17-9-3-1-2-7(14)10(9)13/h1-5H,(H,16,17). The van der Waals surface area contributed by atoms with Gasteiger partial charge in [-0.15, -0.1) is 0 Å². The average Bonchev–Trinajstić information content (AvgIpc) is 2.28. The molecule has 1 aromatic heterocycles. The van der Waals surface area contributed by atoms with Gasteiger partial charge >= 0.3 is 0 Å². The Morgan fingerprint density at radius 1 is 1.29 bits per heavy atom. The Hall–Kier alpha value is -0.650. The Balaban J connectivity index is 2.35. The maximum Gasteiger partial charge on any atom is 0.166 e. The van der Waals surface area contributed by atoms with E-state index in [0.29, 0.717) is 19.7 Å². The van der Waals surface area contributed by atoms with E-state index in [4.69, 9.17) is 11.6 Å². The summed E-state index contributed by atoms with van der Waals surface area (Å²) in [6.45, 7) is 0. The Kier molecular flexibility index (Phi) is 4.01. The molecule has 0 spiro atoms. The molecule has 0 bridgehead atoms. The summed E-state index contributed by atoms with van der Waals surface area (Å²) in [7, 11) is 0. The summed E-state index contributed by atoms with van der Waals surface area (Å²) in [5.74, 6) is -0.289. The number of nitrogens with zero attached hydrogens (tertiary/aromatic N) is 1. The third-order valence-electron chi connectivity index (χ3n) is 2.01. The molecule has 0 unspecified atom stereocenters. The molecular weight excluding hydrogens is 374 g/mol. The predicted octanol–water partition coefficient (Wildman–Crippen LogP) is 5.14. The van der Waals surface area contributed by atoms with Gasteiger partial charge in [-0.2, -0.15) is 0 Å². The van der Waals surface area contributed by atoms with Crippen molar-refractivity contribution in [3.63, 3.8) is 0 Å². The molecule has 0 aliphatic carbocycles. The zero-order chi connectivity index (χ0) is 12.4. The summed E-state index contributed by atoms with van der Waals surface area (Å²) < 4.78 is 14.8. The zero-order valence-corrected chi connectivity index (χ0v) is 12.3. The Morgan fingerprint density at radius 2 is 2.06 bits per heavy atom. The van der Waals surface area contributed by atoms with Gasteiger partial charge in [-0.05, 0) is 50.1 Å². The molecule has 0 saturated carbocycles. The summed E-state index contributed by atoms with van der Waals surface area (Å²) in [5, 5.41) is 3.42. The number of halogens is 4. The van der Waals surface area contributed by atoms with Crippen LogP contribution in [0.25, 0.3) is 0 Å². The van der Waals surface area contributed by atoms with E-state index in [-0.39, 0.29) is 5.82 Å². The molecule has 2 nitrogen and oxygen atoms in total. The van der Waals surface area contributed by atoms with Crippen LogP contribution in [0, 0.1) is 5.82 Å². The molecule has 2 aromatic rings. The molecule has 0 fully saturated rings. The lowest BCUT2D eigenvalue weighted by atomic mass is 10.3. The van der Waals surface area contributed by atoms with Crippen LogP contribution in [0.15, 0.2) is 39.4 Å². The minimum absolute atomic E-state index is 0.149. The van der Waals surface area contributed by atoms with Crippen molar-refractivity contribution in [3.05, 3.63) is 50.2 Å². The van der Waals surface area contributed by atoms with E-state index in [9.17, 15) is 4.39 Å². The van der Waals surface area contributed by atoms with Gasteiger partial charge in [0.2, 0.25) is 0 Å². The first kappa shape index (κ1) is 12.8. The van der Waals surface area contributed by atoms with Crippen LogP contribution in [0.5, 0.6) is 0 Å². The molecule has 1 heterocycles. The van der Waals surface area contributed by atoms with E-state index in [2.05, 4.69) is 42.2 Å². The highest BCUT2D eigenvalue weighted by atomic mass is 79.9. The van der Waals surface area contributed by atoms with Crippen LogP contribution < -0.4 is 5.32 Å². The molecule has 17 heavy (non-hydrogen) atoms. The summed E-state index contributed by atoms with van der Waals surface area (Å²) in [6.07, 6.45) is 1.52. The van der Waals surface area contributed by atoms with Gasteiger partial charge in [0, 0.05) is 10.7 Å². The maximum atomic E-state index is 13.6. The number of hydrogen-bond donors (Lipinski definition) is 1. The van der Waals surface area contributed by atoms with E-state index in [1.54, 1.807) is 18.2 Å². The van der Waals surface area contributed by atoms with Crippen molar-refractivity contribution in [2.45, 2.75) is 0 Å². The van der Waals surface area contributed by atoms with Gasteiger partial charge in [-0.1, -0.05) is 17.7 Å². The predicted molar refractivity (Wildman–Crippen MR) is 74.3 cm³/mol. The van der Waals surface area contributed by atoms with Gasteiger partial charge in [0.15, 0.2) is 11.6 Å².